The molecule has 82 valence electrons. The highest BCUT2D eigenvalue weighted by molar-refractivity contribution is 8.00. The van der Waals surface area contributed by atoms with Gasteiger partial charge in [0.2, 0.25) is 5.54 Å². The van der Waals surface area contributed by atoms with E-state index in [2.05, 4.69) is 0 Å². The summed E-state index contributed by atoms with van der Waals surface area (Å²) in [5.41, 5.74) is -0.838. The van der Waals surface area contributed by atoms with Gasteiger partial charge in [-0.25, -0.2) is 0 Å². The molecule has 0 aliphatic carbocycles. The normalized spacial score (nSPS) is 27.9. The van der Waals surface area contributed by atoms with Crippen LogP contribution in [0.3, 0.4) is 0 Å². The van der Waals surface area contributed by atoms with E-state index < -0.39 is 5.54 Å². The van der Waals surface area contributed by atoms with E-state index in [9.17, 15) is 10.1 Å². The first kappa shape index (κ1) is 11.8. The molecule has 0 N–H and O–H groups in total. The maximum atomic E-state index is 10.7. The topological polar surface area (TPSA) is 52.4 Å². The zero-order valence-corrected chi connectivity index (χ0v) is 9.73. The summed E-state index contributed by atoms with van der Waals surface area (Å²) in [5.74, 6) is 0.995. The van der Waals surface area contributed by atoms with Crippen LogP contribution in [0.2, 0.25) is 0 Å². The summed E-state index contributed by atoms with van der Waals surface area (Å²) < 4.78 is 5.56. The van der Waals surface area contributed by atoms with Crippen molar-refractivity contribution in [1.29, 1.82) is 0 Å². The summed E-state index contributed by atoms with van der Waals surface area (Å²) in [7, 11) is 0. The van der Waals surface area contributed by atoms with Crippen molar-refractivity contribution in [3.8, 4) is 0 Å². The van der Waals surface area contributed by atoms with Gasteiger partial charge in [0.05, 0.1) is 6.61 Å². The standard InChI is InChI=1S/C9H17NO3S/c1-8(2,10(11)12)4-5-9(3)13-6-7-14-9/h4-7H2,1-3H3. The second-order valence-corrected chi connectivity index (χ2v) is 5.96. The van der Waals surface area contributed by atoms with Crippen LogP contribution >= 0.6 is 11.8 Å². The molecule has 1 fully saturated rings. The van der Waals surface area contributed by atoms with Crippen molar-refractivity contribution in [2.45, 2.75) is 44.1 Å². The fourth-order valence-electron chi connectivity index (χ4n) is 1.33. The molecule has 1 heterocycles. The molecular formula is C9H17NO3S. The van der Waals surface area contributed by atoms with Crippen molar-refractivity contribution in [3.05, 3.63) is 10.1 Å². The maximum Gasteiger partial charge on any atom is 0.216 e. The smallest absolute Gasteiger partial charge is 0.216 e. The minimum absolute atomic E-state index is 0.201. The lowest BCUT2D eigenvalue weighted by Gasteiger charge is -2.25. The molecule has 14 heavy (non-hydrogen) atoms. The van der Waals surface area contributed by atoms with Gasteiger partial charge in [0, 0.05) is 30.9 Å². The van der Waals surface area contributed by atoms with E-state index >= 15 is 0 Å². The van der Waals surface area contributed by atoms with Crippen LogP contribution in [0.1, 0.15) is 33.6 Å². The van der Waals surface area contributed by atoms with Crippen LogP contribution in [0.4, 0.5) is 0 Å². The van der Waals surface area contributed by atoms with E-state index in [1.807, 2.05) is 6.92 Å². The van der Waals surface area contributed by atoms with E-state index in [1.165, 1.54) is 0 Å². The molecule has 0 amide bonds. The third kappa shape index (κ3) is 2.85. The van der Waals surface area contributed by atoms with Crippen LogP contribution in [-0.4, -0.2) is 27.8 Å². The Morgan fingerprint density at radius 1 is 1.64 bits per heavy atom. The Balaban J connectivity index is 2.43. The quantitative estimate of drug-likeness (QED) is 0.538. The molecule has 1 aliphatic rings. The van der Waals surface area contributed by atoms with Gasteiger partial charge in [0.1, 0.15) is 4.93 Å². The minimum Gasteiger partial charge on any atom is -0.364 e. The Morgan fingerprint density at radius 3 is 2.71 bits per heavy atom. The predicted octanol–water partition coefficient (Wildman–Crippen LogP) is 2.30. The number of thioether (sulfide) groups is 1. The molecule has 1 rings (SSSR count). The SMILES string of the molecule is CC1(CCC(C)(C)[N+](=O)[O-])OCCS1. The fourth-order valence-corrected chi connectivity index (χ4v) is 2.34. The van der Waals surface area contributed by atoms with Crippen LogP contribution in [0, 0.1) is 10.1 Å². The number of ether oxygens (including phenoxy) is 1. The van der Waals surface area contributed by atoms with Crippen LogP contribution in [0.5, 0.6) is 0 Å². The Labute approximate surface area is 88.5 Å². The van der Waals surface area contributed by atoms with Gasteiger partial charge in [0.25, 0.3) is 0 Å². The van der Waals surface area contributed by atoms with Crippen molar-refractivity contribution in [1.82, 2.24) is 0 Å². The first-order chi connectivity index (χ1) is 6.36. The van der Waals surface area contributed by atoms with Crippen molar-refractivity contribution >= 4 is 11.8 Å². The minimum atomic E-state index is -0.838. The highest BCUT2D eigenvalue weighted by atomic mass is 32.2. The monoisotopic (exact) mass is 219 g/mol. The predicted molar refractivity (Wildman–Crippen MR) is 57.1 cm³/mol. The maximum absolute atomic E-state index is 10.7. The number of nitrogens with zero attached hydrogens (tertiary/aromatic N) is 1. The summed E-state index contributed by atoms with van der Waals surface area (Å²) in [4.78, 5) is 10.3. The van der Waals surface area contributed by atoms with E-state index in [1.54, 1.807) is 25.6 Å². The van der Waals surface area contributed by atoms with Gasteiger partial charge in [-0.15, -0.1) is 11.8 Å². The van der Waals surface area contributed by atoms with E-state index in [-0.39, 0.29) is 9.86 Å². The largest absolute Gasteiger partial charge is 0.364 e. The van der Waals surface area contributed by atoms with Gasteiger partial charge >= 0.3 is 0 Å². The van der Waals surface area contributed by atoms with Crippen LogP contribution in [0.25, 0.3) is 0 Å². The fraction of sp³-hybridized carbons (Fsp3) is 1.00. The molecule has 0 aromatic rings. The molecule has 1 unspecified atom stereocenters. The average Bonchev–Trinajstić information content (AvgIpc) is 2.50. The highest BCUT2D eigenvalue weighted by Crippen LogP contribution is 2.38. The first-order valence-corrected chi connectivity index (χ1v) is 5.77. The van der Waals surface area contributed by atoms with E-state index in [0.29, 0.717) is 6.42 Å². The molecule has 5 heteroatoms. The number of hydrogen-bond donors (Lipinski definition) is 0. The molecule has 4 nitrogen and oxygen atoms in total. The number of hydrogen-bond acceptors (Lipinski definition) is 4. The van der Waals surface area contributed by atoms with Crippen molar-refractivity contribution in [2.75, 3.05) is 12.4 Å². The van der Waals surface area contributed by atoms with Crippen LogP contribution < -0.4 is 0 Å². The number of nitro groups is 1. The molecule has 0 aromatic heterocycles. The molecule has 0 aromatic carbocycles. The molecular weight excluding hydrogens is 202 g/mol. The summed E-state index contributed by atoms with van der Waals surface area (Å²) in [5, 5.41) is 10.7. The molecule has 1 saturated heterocycles. The van der Waals surface area contributed by atoms with Crippen molar-refractivity contribution in [2.24, 2.45) is 0 Å². The Kier molecular flexibility index (Phi) is 3.42. The first-order valence-electron chi connectivity index (χ1n) is 4.78. The molecule has 1 atom stereocenters. The molecule has 0 spiro atoms. The molecule has 0 radical (unpaired) electrons. The Morgan fingerprint density at radius 2 is 2.29 bits per heavy atom. The zero-order valence-electron chi connectivity index (χ0n) is 8.91. The highest BCUT2D eigenvalue weighted by Gasteiger charge is 2.37. The average molecular weight is 219 g/mol. The third-order valence-corrected chi connectivity index (χ3v) is 3.89. The van der Waals surface area contributed by atoms with Gasteiger partial charge < -0.3 is 4.74 Å². The summed E-state index contributed by atoms with van der Waals surface area (Å²) >= 11 is 1.75. The van der Waals surface area contributed by atoms with Crippen LogP contribution in [0.15, 0.2) is 0 Å². The van der Waals surface area contributed by atoms with Crippen molar-refractivity contribution in [3.63, 3.8) is 0 Å². The molecule has 0 saturated carbocycles. The lowest BCUT2D eigenvalue weighted by Crippen LogP contribution is -2.33. The zero-order chi connectivity index (χ0) is 10.8. The van der Waals surface area contributed by atoms with Gasteiger partial charge in [-0.3, -0.25) is 10.1 Å². The summed E-state index contributed by atoms with van der Waals surface area (Å²) in [6, 6.07) is 0. The lowest BCUT2D eigenvalue weighted by atomic mass is 9.97. The summed E-state index contributed by atoms with van der Waals surface area (Å²) in [6.45, 7) is 6.10. The van der Waals surface area contributed by atoms with Crippen LogP contribution in [-0.2, 0) is 4.74 Å². The second-order valence-electron chi connectivity index (χ2n) is 4.40. The third-order valence-electron chi connectivity index (χ3n) is 2.58. The second kappa shape index (κ2) is 4.06. The summed E-state index contributed by atoms with van der Waals surface area (Å²) in [6.07, 6.45) is 1.30. The van der Waals surface area contributed by atoms with Gasteiger partial charge in [-0.2, -0.15) is 0 Å². The number of rotatable bonds is 4. The van der Waals surface area contributed by atoms with Gasteiger partial charge in [-0.05, 0) is 13.3 Å². The Bertz CT molecular complexity index is 224. The Hall–Kier alpha value is -0.290. The van der Waals surface area contributed by atoms with E-state index in [0.717, 1.165) is 18.8 Å². The van der Waals surface area contributed by atoms with E-state index in [4.69, 9.17) is 4.74 Å². The molecule has 0 bridgehead atoms. The van der Waals surface area contributed by atoms with Crippen molar-refractivity contribution < 1.29 is 9.66 Å². The lowest BCUT2D eigenvalue weighted by molar-refractivity contribution is -0.562. The van der Waals surface area contributed by atoms with Gasteiger partial charge in [-0.1, -0.05) is 0 Å². The van der Waals surface area contributed by atoms with Gasteiger partial charge in [0.15, 0.2) is 0 Å². The molecule has 1 aliphatic heterocycles.